The molecule has 0 saturated carbocycles. The molecule has 0 radical (unpaired) electrons. The number of furan rings is 1. The topological polar surface area (TPSA) is 45.8 Å². The van der Waals surface area contributed by atoms with Crippen LogP contribution in [0.5, 0.6) is 0 Å². The summed E-state index contributed by atoms with van der Waals surface area (Å²) in [5.74, 6) is 1.31. The Morgan fingerprint density at radius 3 is 2.62 bits per heavy atom. The molecule has 1 amide bonds. The monoisotopic (exact) mass is 338 g/mol. The molecule has 1 fully saturated rings. The number of benzene rings is 1. The molecular weight excluding hydrogens is 320 g/mol. The van der Waals surface area contributed by atoms with Gasteiger partial charge >= 0.3 is 0 Å². The van der Waals surface area contributed by atoms with E-state index in [1.54, 1.807) is 6.08 Å². The van der Waals surface area contributed by atoms with Gasteiger partial charge in [0.1, 0.15) is 11.5 Å². The number of thioether (sulfide) groups is 1. The molecule has 2 aliphatic heterocycles. The SMILES string of the molecule is Cc1ccc(-c2ccc(/C=C3\SC(N4CCCC4)=NC3=O)o2)cc1. The zero-order chi connectivity index (χ0) is 16.5. The summed E-state index contributed by atoms with van der Waals surface area (Å²) in [6.45, 7) is 4.04. The number of aliphatic imine (C=N–C) groups is 1. The van der Waals surface area contributed by atoms with Crippen molar-refractivity contribution in [1.82, 2.24) is 4.90 Å². The summed E-state index contributed by atoms with van der Waals surface area (Å²) in [4.78, 5) is 19.1. The third kappa shape index (κ3) is 3.04. The molecule has 122 valence electrons. The average molecular weight is 338 g/mol. The summed E-state index contributed by atoms with van der Waals surface area (Å²) in [6.07, 6.45) is 4.13. The Morgan fingerprint density at radius 2 is 1.88 bits per heavy atom. The van der Waals surface area contributed by atoms with Gasteiger partial charge < -0.3 is 9.32 Å². The lowest BCUT2D eigenvalue weighted by atomic mass is 10.1. The van der Waals surface area contributed by atoms with Crippen molar-refractivity contribution in [2.45, 2.75) is 19.8 Å². The molecule has 0 N–H and O–H groups in total. The maximum Gasteiger partial charge on any atom is 0.286 e. The number of rotatable bonds is 2. The van der Waals surface area contributed by atoms with Crippen LogP contribution in [0.2, 0.25) is 0 Å². The highest BCUT2D eigenvalue weighted by atomic mass is 32.2. The highest BCUT2D eigenvalue weighted by Gasteiger charge is 2.27. The van der Waals surface area contributed by atoms with E-state index in [-0.39, 0.29) is 5.91 Å². The number of carbonyl (C=O) groups excluding carboxylic acids is 1. The lowest BCUT2D eigenvalue weighted by Gasteiger charge is -2.14. The minimum atomic E-state index is -0.171. The minimum absolute atomic E-state index is 0.171. The third-order valence-electron chi connectivity index (χ3n) is 4.22. The van der Waals surface area contributed by atoms with E-state index in [0.29, 0.717) is 10.7 Å². The molecule has 5 heteroatoms. The van der Waals surface area contributed by atoms with E-state index >= 15 is 0 Å². The maximum atomic E-state index is 12.1. The number of amides is 1. The lowest BCUT2D eigenvalue weighted by molar-refractivity contribution is -0.113. The molecule has 1 aromatic heterocycles. The fraction of sp³-hybridized carbons (Fsp3) is 0.263. The normalized spacial score (nSPS) is 19.4. The Balaban J connectivity index is 1.52. The third-order valence-corrected chi connectivity index (χ3v) is 5.27. The molecule has 0 bridgehead atoms. The van der Waals surface area contributed by atoms with Crippen molar-refractivity contribution >= 4 is 28.9 Å². The van der Waals surface area contributed by atoms with Gasteiger partial charge in [-0.25, -0.2) is 0 Å². The van der Waals surface area contributed by atoms with Crippen LogP contribution in [-0.4, -0.2) is 29.1 Å². The molecule has 24 heavy (non-hydrogen) atoms. The smallest absolute Gasteiger partial charge is 0.286 e. The number of amidine groups is 1. The quantitative estimate of drug-likeness (QED) is 0.765. The van der Waals surface area contributed by atoms with Crippen molar-refractivity contribution < 1.29 is 9.21 Å². The van der Waals surface area contributed by atoms with Gasteiger partial charge in [0, 0.05) is 24.7 Å². The van der Waals surface area contributed by atoms with Gasteiger partial charge in [0.25, 0.3) is 5.91 Å². The van der Waals surface area contributed by atoms with E-state index in [2.05, 4.69) is 28.9 Å². The van der Waals surface area contributed by atoms with Crippen LogP contribution in [0.4, 0.5) is 0 Å². The Hall–Kier alpha value is -2.27. The molecular formula is C19H18N2O2S. The molecule has 0 atom stereocenters. The van der Waals surface area contributed by atoms with Gasteiger partial charge in [-0.2, -0.15) is 4.99 Å². The molecule has 4 nitrogen and oxygen atoms in total. The van der Waals surface area contributed by atoms with Gasteiger partial charge in [-0.1, -0.05) is 29.8 Å². The van der Waals surface area contributed by atoms with Crippen LogP contribution < -0.4 is 0 Å². The second-order valence-corrected chi connectivity index (χ2v) is 7.08. The number of carbonyl (C=O) groups is 1. The number of hydrogen-bond acceptors (Lipinski definition) is 4. The van der Waals surface area contributed by atoms with Gasteiger partial charge in [-0.05, 0) is 43.7 Å². The summed E-state index contributed by atoms with van der Waals surface area (Å²) in [5, 5.41) is 0.828. The molecule has 0 unspecified atom stereocenters. The van der Waals surface area contributed by atoms with Crippen LogP contribution >= 0.6 is 11.8 Å². The maximum absolute atomic E-state index is 12.1. The second-order valence-electron chi connectivity index (χ2n) is 6.07. The van der Waals surface area contributed by atoms with Gasteiger partial charge in [0.05, 0.1) is 4.91 Å². The second kappa shape index (κ2) is 6.32. The zero-order valence-corrected chi connectivity index (χ0v) is 14.3. The molecule has 3 heterocycles. The predicted octanol–water partition coefficient (Wildman–Crippen LogP) is 4.32. The summed E-state index contributed by atoms with van der Waals surface area (Å²) in [6, 6.07) is 12.0. The van der Waals surface area contributed by atoms with Crippen molar-refractivity contribution in [3.05, 3.63) is 52.6 Å². The Bertz CT molecular complexity index is 827. The van der Waals surface area contributed by atoms with Crippen LogP contribution in [0.25, 0.3) is 17.4 Å². The largest absolute Gasteiger partial charge is 0.457 e. The number of nitrogens with zero attached hydrogens (tertiary/aromatic N) is 2. The van der Waals surface area contributed by atoms with E-state index in [1.807, 2.05) is 24.3 Å². The van der Waals surface area contributed by atoms with E-state index in [0.717, 1.165) is 29.6 Å². The van der Waals surface area contributed by atoms with Gasteiger partial charge in [0.2, 0.25) is 0 Å². The van der Waals surface area contributed by atoms with Crippen molar-refractivity contribution in [3.63, 3.8) is 0 Å². The minimum Gasteiger partial charge on any atom is -0.457 e. The van der Waals surface area contributed by atoms with Crippen LogP contribution in [0.1, 0.15) is 24.2 Å². The number of aryl methyl sites for hydroxylation is 1. The van der Waals surface area contributed by atoms with Crippen LogP contribution in [-0.2, 0) is 4.79 Å². The summed E-state index contributed by atoms with van der Waals surface area (Å²) in [7, 11) is 0. The molecule has 0 aliphatic carbocycles. The standard InChI is InChI=1S/C19H18N2O2S/c1-13-4-6-14(7-5-13)16-9-8-15(23-16)12-17-18(22)20-19(24-17)21-10-2-3-11-21/h4-9,12H,2-3,10-11H2,1H3/b17-12-. The molecule has 1 saturated heterocycles. The first-order valence-corrected chi connectivity index (χ1v) is 8.95. The van der Waals surface area contributed by atoms with Crippen molar-refractivity contribution in [2.24, 2.45) is 4.99 Å². The Morgan fingerprint density at radius 1 is 1.12 bits per heavy atom. The number of hydrogen-bond donors (Lipinski definition) is 0. The highest BCUT2D eigenvalue weighted by molar-refractivity contribution is 8.18. The van der Waals surface area contributed by atoms with Crippen molar-refractivity contribution in [2.75, 3.05) is 13.1 Å². The molecule has 1 aromatic carbocycles. The Labute approximate surface area is 145 Å². The van der Waals surface area contributed by atoms with Crippen LogP contribution in [0, 0.1) is 6.92 Å². The zero-order valence-electron chi connectivity index (χ0n) is 13.5. The van der Waals surface area contributed by atoms with Gasteiger partial charge in [-0.15, -0.1) is 0 Å². The van der Waals surface area contributed by atoms with Crippen LogP contribution in [0.3, 0.4) is 0 Å². The fourth-order valence-electron chi connectivity index (χ4n) is 2.87. The first-order valence-electron chi connectivity index (χ1n) is 8.13. The van der Waals surface area contributed by atoms with E-state index in [1.165, 1.54) is 30.2 Å². The molecule has 0 spiro atoms. The van der Waals surface area contributed by atoms with Crippen molar-refractivity contribution in [3.8, 4) is 11.3 Å². The van der Waals surface area contributed by atoms with E-state index in [4.69, 9.17) is 4.42 Å². The van der Waals surface area contributed by atoms with Gasteiger partial charge in [-0.3, -0.25) is 4.79 Å². The highest BCUT2D eigenvalue weighted by Crippen LogP contribution is 2.32. The molecule has 2 aliphatic rings. The van der Waals surface area contributed by atoms with Gasteiger partial charge in [0.15, 0.2) is 5.17 Å². The molecule has 4 rings (SSSR count). The Kier molecular flexibility index (Phi) is 4.02. The molecule has 2 aromatic rings. The first kappa shape index (κ1) is 15.3. The summed E-state index contributed by atoms with van der Waals surface area (Å²) < 4.78 is 5.87. The fourth-order valence-corrected chi connectivity index (χ4v) is 3.82. The summed E-state index contributed by atoms with van der Waals surface area (Å²) in [5.41, 5.74) is 2.25. The average Bonchev–Trinajstić information content (AvgIpc) is 3.31. The lowest BCUT2D eigenvalue weighted by Crippen LogP contribution is -2.23. The predicted molar refractivity (Wildman–Crippen MR) is 97.7 cm³/mol. The van der Waals surface area contributed by atoms with Crippen molar-refractivity contribution in [1.29, 1.82) is 0 Å². The number of likely N-dealkylation sites (tertiary alicyclic amines) is 1. The van der Waals surface area contributed by atoms with E-state index < -0.39 is 0 Å². The van der Waals surface area contributed by atoms with E-state index in [9.17, 15) is 4.79 Å². The first-order chi connectivity index (χ1) is 11.7. The van der Waals surface area contributed by atoms with Crippen LogP contribution in [0.15, 0.2) is 50.7 Å². The summed E-state index contributed by atoms with van der Waals surface area (Å²) >= 11 is 1.45.